The van der Waals surface area contributed by atoms with E-state index in [1.54, 1.807) is 4.90 Å². The number of hydrogen-bond donors (Lipinski definition) is 2. The summed E-state index contributed by atoms with van der Waals surface area (Å²) in [7, 11) is 0. The number of rotatable bonds is 6. The van der Waals surface area contributed by atoms with Gasteiger partial charge < -0.3 is 20.1 Å². The summed E-state index contributed by atoms with van der Waals surface area (Å²) >= 11 is 0. The predicted octanol–water partition coefficient (Wildman–Crippen LogP) is 3.87. The van der Waals surface area contributed by atoms with Crippen LogP contribution in [0.15, 0.2) is 48.5 Å². The maximum Gasteiger partial charge on any atom is 0.407 e. The van der Waals surface area contributed by atoms with E-state index in [0.29, 0.717) is 19.5 Å². The number of benzene rings is 2. The molecule has 3 aliphatic rings. The minimum absolute atomic E-state index is 0.00770. The number of fused-ring (bicyclic) bond motifs is 3. The van der Waals surface area contributed by atoms with Gasteiger partial charge in [0.15, 0.2) is 0 Å². The zero-order valence-electron chi connectivity index (χ0n) is 19.3. The minimum Gasteiger partial charge on any atom is -0.481 e. The lowest BCUT2D eigenvalue weighted by molar-refractivity contribution is -0.149. The van der Waals surface area contributed by atoms with Crippen LogP contribution in [0.25, 0.3) is 11.1 Å². The Morgan fingerprint density at radius 1 is 1.06 bits per heavy atom. The number of ether oxygens (including phenoxy) is 1. The Morgan fingerprint density at radius 2 is 1.68 bits per heavy atom. The van der Waals surface area contributed by atoms with E-state index in [9.17, 15) is 19.5 Å². The number of nitrogens with zero attached hydrogens (tertiary/aromatic N) is 1. The lowest BCUT2D eigenvalue weighted by atomic mass is 9.86. The number of carbonyl (C=O) groups excluding carboxylic acids is 2. The van der Waals surface area contributed by atoms with Crippen LogP contribution < -0.4 is 5.32 Å². The summed E-state index contributed by atoms with van der Waals surface area (Å²) < 4.78 is 5.61. The van der Waals surface area contributed by atoms with E-state index in [1.807, 2.05) is 31.2 Å². The van der Waals surface area contributed by atoms with Crippen molar-refractivity contribution in [2.45, 2.75) is 32.1 Å². The molecule has 2 aromatic carbocycles. The number of hydrogen-bond acceptors (Lipinski definition) is 4. The smallest absolute Gasteiger partial charge is 0.407 e. The molecule has 1 saturated carbocycles. The summed E-state index contributed by atoms with van der Waals surface area (Å²) in [6, 6.07) is 16.4. The molecule has 1 aliphatic heterocycles. The van der Waals surface area contributed by atoms with E-state index < -0.39 is 23.4 Å². The number of nitrogens with one attached hydrogen (secondary N) is 1. The fourth-order valence-electron chi connectivity index (χ4n) is 5.54. The van der Waals surface area contributed by atoms with Crippen LogP contribution in [0.3, 0.4) is 0 Å². The fraction of sp³-hybridized carbons (Fsp3) is 0.444. The molecule has 1 heterocycles. The largest absolute Gasteiger partial charge is 0.481 e. The molecule has 2 aromatic rings. The van der Waals surface area contributed by atoms with E-state index in [2.05, 4.69) is 29.6 Å². The number of carbonyl (C=O) groups is 3. The van der Waals surface area contributed by atoms with Gasteiger partial charge in [-0.25, -0.2) is 4.79 Å². The van der Waals surface area contributed by atoms with Crippen molar-refractivity contribution in [1.82, 2.24) is 10.2 Å². The third kappa shape index (κ3) is 4.04. The Bertz CT molecular complexity index is 1080. The van der Waals surface area contributed by atoms with Gasteiger partial charge in [-0.3, -0.25) is 9.59 Å². The number of piperidine rings is 1. The number of aliphatic carboxylic acids is 1. The Morgan fingerprint density at radius 3 is 2.24 bits per heavy atom. The number of carboxylic acids is 1. The normalized spacial score (nSPS) is 22.4. The minimum atomic E-state index is -0.794. The van der Waals surface area contributed by atoms with Gasteiger partial charge in [-0.05, 0) is 47.4 Å². The van der Waals surface area contributed by atoms with Crippen molar-refractivity contribution >= 4 is 18.0 Å². The molecule has 2 atom stereocenters. The van der Waals surface area contributed by atoms with Crippen molar-refractivity contribution in [2.24, 2.45) is 17.3 Å². The van der Waals surface area contributed by atoms with E-state index in [0.717, 1.165) is 24.0 Å². The van der Waals surface area contributed by atoms with Crippen LogP contribution in [0.5, 0.6) is 0 Å². The highest BCUT2D eigenvalue weighted by Crippen LogP contribution is 2.48. The molecule has 0 aromatic heterocycles. The molecule has 178 valence electrons. The lowest BCUT2D eigenvalue weighted by Crippen LogP contribution is -2.49. The molecule has 0 spiro atoms. The Kier molecular flexibility index (Phi) is 5.80. The van der Waals surface area contributed by atoms with Crippen LogP contribution in [0.4, 0.5) is 4.79 Å². The second-order valence-corrected chi connectivity index (χ2v) is 9.92. The third-order valence-corrected chi connectivity index (χ3v) is 7.73. The van der Waals surface area contributed by atoms with Crippen LogP contribution in [-0.2, 0) is 14.3 Å². The lowest BCUT2D eigenvalue weighted by Gasteiger charge is -2.37. The molecular weight excluding hydrogens is 432 g/mol. The van der Waals surface area contributed by atoms with Crippen LogP contribution in [-0.4, -0.2) is 54.2 Å². The van der Waals surface area contributed by atoms with Gasteiger partial charge in [0.05, 0.1) is 11.3 Å². The van der Waals surface area contributed by atoms with Gasteiger partial charge in [0.1, 0.15) is 6.61 Å². The Labute approximate surface area is 199 Å². The molecular formula is C27H30N2O5. The number of carboxylic acid groups (broad SMARTS) is 1. The van der Waals surface area contributed by atoms with Gasteiger partial charge in [-0.1, -0.05) is 55.5 Å². The zero-order valence-corrected chi connectivity index (χ0v) is 19.3. The second kappa shape index (κ2) is 8.78. The first-order valence-electron chi connectivity index (χ1n) is 12.0. The standard InChI is InChI=1S/C27H30N2O5/c1-17-14-29(13-10-18(17)24(30)31)25(32)27(11-12-27)16-28-26(33)34-15-23-21-8-4-2-6-19(21)20-7-3-5-9-22(20)23/h2-9,17-18,23H,10-16H2,1H3,(H,28,33)(H,30,31). The average Bonchev–Trinajstić information content (AvgIpc) is 3.57. The molecule has 2 unspecified atom stereocenters. The van der Waals surface area contributed by atoms with Gasteiger partial charge in [0.2, 0.25) is 5.91 Å². The van der Waals surface area contributed by atoms with Crippen molar-refractivity contribution in [3.05, 3.63) is 59.7 Å². The highest BCUT2D eigenvalue weighted by molar-refractivity contribution is 5.86. The first-order valence-corrected chi connectivity index (χ1v) is 12.0. The van der Waals surface area contributed by atoms with Crippen molar-refractivity contribution in [3.8, 4) is 11.1 Å². The highest BCUT2D eigenvalue weighted by Gasteiger charge is 2.52. The molecule has 2 amide bonds. The molecule has 1 saturated heterocycles. The van der Waals surface area contributed by atoms with Crippen LogP contribution in [0.2, 0.25) is 0 Å². The summed E-state index contributed by atoms with van der Waals surface area (Å²) in [4.78, 5) is 38.8. The maximum atomic E-state index is 13.1. The Hall–Kier alpha value is -3.35. The van der Waals surface area contributed by atoms with E-state index in [4.69, 9.17) is 4.74 Å². The highest BCUT2D eigenvalue weighted by atomic mass is 16.5. The third-order valence-electron chi connectivity index (χ3n) is 7.73. The monoisotopic (exact) mass is 462 g/mol. The van der Waals surface area contributed by atoms with Crippen LogP contribution in [0.1, 0.15) is 43.2 Å². The molecule has 34 heavy (non-hydrogen) atoms. The molecule has 2 aliphatic carbocycles. The fourth-order valence-corrected chi connectivity index (χ4v) is 5.54. The summed E-state index contributed by atoms with van der Waals surface area (Å²) in [5.41, 5.74) is 4.08. The first kappa shape index (κ1) is 22.4. The summed E-state index contributed by atoms with van der Waals surface area (Å²) in [5.74, 6) is -1.27. The molecule has 7 heteroatoms. The van der Waals surface area contributed by atoms with Crippen molar-refractivity contribution in [1.29, 1.82) is 0 Å². The molecule has 2 N–H and O–H groups in total. The predicted molar refractivity (Wildman–Crippen MR) is 126 cm³/mol. The van der Waals surface area contributed by atoms with E-state index in [-0.39, 0.29) is 30.9 Å². The molecule has 2 fully saturated rings. The van der Waals surface area contributed by atoms with Crippen molar-refractivity contribution in [3.63, 3.8) is 0 Å². The second-order valence-electron chi connectivity index (χ2n) is 9.92. The number of likely N-dealkylation sites (tertiary alicyclic amines) is 1. The first-order chi connectivity index (χ1) is 16.4. The van der Waals surface area contributed by atoms with Gasteiger partial charge in [-0.2, -0.15) is 0 Å². The quantitative estimate of drug-likeness (QED) is 0.679. The van der Waals surface area contributed by atoms with Gasteiger partial charge in [0, 0.05) is 25.6 Å². The van der Waals surface area contributed by atoms with Crippen LogP contribution >= 0.6 is 0 Å². The average molecular weight is 463 g/mol. The van der Waals surface area contributed by atoms with Crippen LogP contribution in [0, 0.1) is 17.3 Å². The van der Waals surface area contributed by atoms with Gasteiger partial charge >= 0.3 is 12.1 Å². The molecule has 5 rings (SSSR count). The summed E-state index contributed by atoms with van der Waals surface area (Å²) in [6.45, 7) is 3.26. The van der Waals surface area contributed by atoms with Crippen molar-refractivity contribution < 1.29 is 24.2 Å². The number of alkyl carbamates (subject to hydrolysis) is 1. The molecule has 7 nitrogen and oxygen atoms in total. The molecule has 0 radical (unpaired) electrons. The van der Waals surface area contributed by atoms with E-state index >= 15 is 0 Å². The van der Waals surface area contributed by atoms with Crippen molar-refractivity contribution in [2.75, 3.05) is 26.2 Å². The molecule has 0 bridgehead atoms. The topological polar surface area (TPSA) is 95.9 Å². The SMILES string of the molecule is CC1CN(C(=O)C2(CNC(=O)OCC3c4ccccc4-c4ccccc43)CC2)CCC1C(=O)O. The maximum absolute atomic E-state index is 13.1. The summed E-state index contributed by atoms with van der Waals surface area (Å²) in [6.07, 6.45) is 1.41. The van der Waals surface area contributed by atoms with Gasteiger partial charge in [-0.15, -0.1) is 0 Å². The van der Waals surface area contributed by atoms with E-state index in [1.165, 1.54) is 11.1 Å². The number of amides is 2. The summed E-state index contributed by atoms with van der Waals surface area (Å²) in [5, 5.41) is 12.1. The Balaban J connectivity index is 1.16. The van der Waals surface area contributed by atoms with Gasteiger partial charge in [0.25, 0.3) is 0 Å². The zero-order chi connectivity index (χ0) is 23.9.